The number of rotatable bonds is 1. The summed E-state index contributed by atoms with van der Waals surface area (Å²) in [5, 5.41) is 37.2. The van der Waals surface area contributed by atoms with E-state index in [1.807, 2.05) is 0 Å². The van der Waals surface area contributed by atoms with Crippen molar-refractivity contribution < 1.29 is 25.2 Å². The highest BCUT2D eigenvalue weighted by atomic mass is 16.5. The average Bonchev–Trinajstić information content (AvgIpc) is 2.07. The molecular formula is C8H16O5. The summed E-state index contributed by atoms with van der Waals surface area (Å²) in [6, 6.07) is 0. The first kappa shape index (κ1) is 10.9. The van der Waals surface area contributed by atoms with Gasteiger partial charge in [0.05, 0.1) is 12.2 Å². The van der Waals surface area contributed by atoms with E-state index in [-0.39, 0.29) is 0 Å². The highest BCUT2D eigenvalue weighted by Crippen LogP contribution is 2.22. The van der Waals surface area contributed by atoms with Crippen LogP contribution in [-0.2, 0) is 4.74 Å². The third kappa shape index (κ3) is 2.00. The fourth-order valence-corrected chi connectivity index (χ4v) is 1.48. The van der Waals surface area contributed by atoms with Crippen molar-refractivity contribution in [1.29, 1.82) is 0 Å². The first-order valence-corrected chi connectivity index (χ1v) is 4.33. The van der Waals surface area contributed by atoms with Crippen LogP contribution in [0.4, 0.5) is 0 Å². The van der Waals surface area contributed by atoms with E-state index in [1.54, 1.807) is 6.92 Å². The molecule has 0 radical (unpaired) electrons. The standard InChI is InChI=1S/C8H16O5/c1-3(9)8-7(12)6(11)5(10)4(2)13-8/h3-12H,1-2H3. The minimum atomic E-state index is -1.26. The second-order valence-corrected chi connectivity index (χ2v) is 3.52. The molecule has 6 unspecified atom stereocenters. The average molecular weight is 192 g/mol. The summed E-state index contributed by atoms with van der Waals surface area (Å²) in [6.07, 6.45) is -5.91. The van der Waals surface area contributed by atoms with Gasteiger partial charge in [0.2, 0.25) is 0 Å². The number of aliphatic hydroxyl groups excluding tert-OH is 4. The molecule has 5 heteroatoms. The molecule has 0 aromatic rings. The van der Waals surface area contributed by atoms with E-state index in [0.717, 1.165) is 0 Å². The summed E-state index contributed by atoms with van der Waals surface area (Å²) >= 11 is 0. The third-order valence-electron chi connectivity index (χ3n) is 2.36. The molecule has 1 aliphatic heterocycles. The first-order chi connectivity index (χ1) is 5.95. The van der Waals surface area contributed by atoms with Gasteiger partial charge in [-0.25, -0.2) is 0 Å². The second-order valence-electron chi connectivity index (χ2n) is 3.52. The van der Waals surface area contributed by atoms with Gasteiger partial charge in [0.25, 0.3) is 0 Å². The van der Waals surface area contributed by atoms with Gasteiger partial charge in [0.1, 0.15) is 24.4 Å². The normalized spacial score (nSPS) is 48.9. The van der Waals surface area contributed by atoms with E-state index in [4.69, 9.17) is 4.74 Å². The SMILES string of the molecule is CC(O)C1OC(C)C(O)C(O)C1O. The maximum absolute atomic E-state index is 9.40. The summed E-state index contributed by atoms with van der Waals surface area (Å²) in [4.78, 5) is 0. The molecule has 0 bridgehead atoms. The van der Waals surface area contributed by atoms with Crippen LogP contribution in [0.15, 0.2) is 0 Å². The molecule has 4 N–H and O–H groups in total. The molecular weight excluding hydrogens is 176 g/mol. The molecule has 1 heterocycles. The number of hydrogen-bond acceptors (Lipinski definition) is 5. The predicted octanol–water partition coefficient (Wildman–Crippen LogP) is -1.76. The lowest BCUT2D eigenvalue weighted by Gasteiger charge is -2.40. The lowest BCUT2D eigenvalue weighted by Crippen LogP contribution is -2.59. The fourth-order valence-electron chi connectivity index (χ4n) is 1.48. The molecule has 1 rings (SSSR count). The molecule has 6 atom stereocenters. The maximum atomic E-state index is 9.40. The van der Waals surface area contributed by atoms with E-state index in [1.165, 1.54) is 6.92 Å². The molecule has 13 heavy (non-hydrogen) atoms. The molecule has 0 spiro atoms. The minimum Gasteiger partial charge on any atom is -0.391 e. The van der Waals surface area contributed by atoms with Crippen LogP contribution in [0.25, 0.3) is 0 Å². The molecule has 1 saturated heterocycles. The van der Waals surface area contributed by atoms with Gasteiger partial charge in [-0.1, -0.05) is 0 Å². The molecule has 0 saturated carbocycles. The van der Waals surface area contributed by atoms with Gasteiger partial charge in [-0.3, -0.25) is 0 Å². The molecule has 0 aromatic heterocycles. The zero-order valence-corrected chi connectivity index (χ0v) is 7.66. The van der Waals surface area contributed by atoms with Crippen molar-refractivity contribution >= 4 is 0 Å². The minimum absolute atomic E-state index is 0.585. The van der Waals surface area contributed by atoms with Crippen LogP contribution in [0.5, 0.6) is 0 Å². The topological polar surface area (TPSA) is 90.2 Å². The van der Waals surface area contributed by atoms with Crippen molar-refractivity contribution in [2.24, 2.45) is 0 Å². The predicted molar refractivity (Wildman–Crippen MR) is 44.0 cm³/mol. The Kier molecular flexibility index (Phi) is 3.26. The number of hydrogen-bond donors (Lipinski definition) is 4. The summed E-state index contributed by atoms with van der Waals surface area (Å²) in [7, 11) is 0. The van der Waals surface area contributed by atoms with Crippen LogP contribution >= 0.6 is 0 Å². The van der Waals surface area contributed by atoms with Crippen LogP contribution in [0.3, 0.4) is 0 Å². The maximum Gasteiger partial charge on any atom is 0.112 e. The Hall–Kier alpha value is -0.200. The van der Waals surface area contributed by atoms with Gasteiger partial charge < -0.3 is 25.2 Å². The number of aliphatic hydroxyl groups is 4. The first-order valence-electron chi connectivity index (χ1n) is 4.33. The van der Waals surface area contributed by atoms with Gasteiger partial charge in [-0.2, -0.15) is 0 Å². The zero-order chi connectivity index (χ0) is 10.2. The molecule has 1 aliphatic rings. The number of ether oxygens (including phenoxy) is 1. The van der Waals surface area contributed by atoms with Crippen molar-refractivity contribution in [3.8, 4) is 0 Å². The molecule has 0 aromatic carbocycles. The Bertz CT molecular complexity index is 172. The van der Waals surface area contributed by atoms with Gasteiger partial charge in [-0.15, -0.1) is 0 Å². The van der Waals surface area contributed by atoms with E-state index in [2.05, 4.69) is 0 Å². The quantitative estimate of drug-likeness (QED) is 0.395. The van der Waals surface area contributed by atoms with Crippen LogP contribution < -0.4 is 0 Å². The lowest BCUT2D eigenvalue weighted by atomic mass is 9.93. The van der Waals surface area contributed by atoms with Crippen molar-refractivity contribution in [3.05, 3.63) is 0 Å². The zero-order valence-electron chi connectivity index (χ0n) is 7.66. The van der Waals surface area contributed by atoms with Crippen molar-refractivity contribution in [2.75, 3.05) is 0 Å². The van der Waals surface area contributed by atoms with Gasteiger partial charge in [-0.05, 0) is 13.8 Å². The highest BCUT2D eigenvalue weighted by Gasteiger charge is 2.43. The molecule has 1 fully saturated rings. The van der Waals surface area contributed by atoms with Crippen molar-refractivity contribution in [2.45, 2.75) is 50.5 Å². The van der Waals surface area contributed by atoms with E-state index >= 15 is 0 Å². The van der Waals surface area contributed by atoms with E-state index < -0.39 is 36.6 Å². The Morgan fingerprint density at radius 1 is 1.08 bits per heavy atom. The van der Waals surface area contributed by atoms with Gasteiger partial charge in [0.15, 0.2) is 0 Å². The fraction of sp³-hybridized carbons (Fsp3) is 1.00. The van der Waals surface area contributed by atoms with Crippen LogP contribution in [0.1, 0.15) is 13.8 Å². The Balaban J connectivity index is 2.70. The summed E-state index contributed by atoms with van der Waals surface area (Å²) in [5.74, 6) is 0. The Labute approximate surface area is 76.6 Å². The lowest BCUT2D eigenvalue weighted by molar-refractivity contribution is -0.236. The summed E-state index contributed by atoms with van der Waals surface area (Å²) in [5.41, 5.74) is 0. The largest absolute Gasteiger partial charge is 0.391 e. The van der Waals surface area contributed by atoms with Crippen LogP contribution in [-0.4, -0.2) is 57.0 Å². The van der Waals surface area contributed by atoms with Crippen molar-refractivity contribution in [1.82, 2.24) is 0 Å². The second kappa shape index (κ2) is 3.89. The molecule has 0 amide bonds. The van der Waals surface area contributed by atoms with Gasteiger partial charge in [0, 0.05) is 0 Å². The Morgan fingerprint density at radius 2 is 1.62 bits per heavy atom. The van der Waals surface area contributed by atoms with E-state index in [9.17, 15) is 20.4 Å². The third-order valence-corrected chi connectivity index (χ3v) is 2.36. The molecule has 0 aliphatic carbocycles. The summed E-state index contributed by atoms with van der Waals surface area (Å²) < 4.78 is 5.13. The van der Waals surface area contributed by atoms with Crippen LogP contribution in [0, 0.1) is 0 Å². The van der Waals surface area contributed by atoms with Crippen LogP contribution in [0.2, 0.25) is 0 Å². The van der Waals surface area contributed by atoms with Crippen molar-refractivity contribution in [3.63, 3.8) is 0 Å². The summed E-state index contributed by atoms with van der Waals surface area (Å²) in [6.45, 7) is 3.04. The Morgan fingerprint density at radius 3 is 2.08 bits per heavy atom. The van der Waals surface area contributed by atoms with Gasteiger partial charge >= 0.3 is 0 Å². The van der Waals surface area contributed by atoms with E-state index in [0.29, 0.717) is 0 Å². The highest BCUT2D eigenvalue weighted by molar-refractivity contribution is 4.92. The molecule has 5 nitrogen and oxygen atoms in total. The molecule has 78 valence electrons. The smallest absolute Gasteiger partial charge is 0.112 e. The monoisotopic (exact) mass is 192 g/mol.